The summed E-state index contributed by atoms with van der Waals surface area (Å²) in [5.41, 5.74) is 0. The van der Waals surface area contributed by atoms with Gasteiger partial charge < -0.3 is 10.1 Å². The summed E-state index contributed by atoms with van der Waals surface area (Å²) in [5, 5.41) is 2.70. The van der Waals surface area contributed by atoms with E-state index >= 15 is 0 Å². The summed E-state index contributed by atoms with van der Waals surface area (Å²) in [4.78, 5) is 11.3. The number of hydrogen-bond donors (Lipinski definition) is 1. The van der Waals surface area contributed by atoms with Gasteiger partial charge in [-0.2, -0.15) is 0 Å². The van der Waals surface area contributed by atoms with Gasteiger partial charge in [0.15, 0.2) is 0 Å². The topological polar surface area (TPSA) is 38.3 Å². The van der Waals surface area contributed by atoms with Crippen LogP contribution in [0.25, 0.3) is 0 Å². The maximum absolute atomic E-state index is 11.3. The third kappa shape index (κ3) is 14.4. The van der Waals surface area contributed by atoms with Crippen molar-refractivity contribution in [1.29, 1.82) is 0 Å². The highest BCUT2D eigenvalue weighted by Gasteiger charge is 2.13. The van der Waals surface area contributed by atoms with Crippen LogP contribution in [0, 0.1) is 11.8 Å². The zero-order valence-electron chi connectivity index (χ0n) is 10.7. The van der Waals surface area contributed by atoms with Crippen LogP contribution in [0.2, 0.25) is 0 Å². The Kier molecular flexibility index (Phi) is 8.00. The van der Waals surface area contributed by atoms with Crippen molar-refractivity contribution in [2.45, 2.75) is 34.5 Å². The molecular weight excluding hydrogens is 444 g/mol. The molecule has 98 valence electrons. The lowest BCUT2D eigenvalue weighted by molar-refractivity contribution is -0.125. The van der Waals surface area contributed by atoms with Crippen LogP contribution in [-0.4, -0.2) is 32.5 Å². The molecule has 0 aromatic carbocycles. The minimum absolute atomic E-state index is 0.0514. The molecule has 1 amide bonds. The van der Waals surface area contributed by atoms with E-state index in [0.717, 1.165) is 0 Å². The number of ether oxygens (including phenoxy) is 1. The molecule has 0 spiro atoms. The second-order valence-electron chi connectivity index (χ2n) is 4.76. The molecule has 0 aromatic rings. The number of hydrogen-bond acceptors (Lipinski definition) is 2. The van der Waals surface area contributed by atoms with Crippen molar-refractivity contribution in [3.8, 4) is 11.8 Å². The Morgan fingerprint density at radius 2 is 1.88 bits per heavy atom. The van der Waals surface area contributed by atoms with Crippen LogP contribution in [-0.2, 0) is 9.53 Å². The first-order valence-electron chi connectivity index (χ1n) is 5.32. The normalized spacial score (nSPS) is 11.6. The summed E-state index contributed by atoms with van der Waals surface area (Å²) in [6.45, 7) is 9.19. The average Bonchev–Trinajstić information content (AvgIpc) is 2.09. The van der Waals surface area contributed by atoms with Gasteiger partial charge in [-0.15, -0.1) is 0 Å². The van der Waals surface area contributed by atoms with Gasteiger partial charge in [-0.3, -0.25) is 4.79 Å². The van der Waals surface area contributed by atoms with E-state index in [1.165, 1.54) is 0 Å². The van der Waals surface area contributed by atoms with Crippen molar-refractivity contribution >= 4 is 51.1 Å². The first-order chi connectivity index (χ1) is 7.60. The molecule has 5 heteroatoms. The van der Waals surface area contributed by atoms with Gasteiger partial charge in [0.05, 0.1) is 16.6 Å². The fourth-order valence-electron chi connectivity index (χ4n) is 0.835. The van der Waals surface area contributed by atoms with Gasteiger partial charge in [0, 0.05) is 3.42 Å². The number of alkyl halides is 2. The van der Waals surface area contributed by atoms with Gasteiger partial charge in [0.1, 0.15) is 6.61 Å². The molecular formula is C12H19I2NO2. The van der Waals surface area contributed by atoms with Crippen molar-refractivity contribution in [3.63, 3.8) is 0 Å². The quantitative estimate of drug-likeness (QED) is 0.387. The minimum atomic E-state index is -0.119. The lowest BCUT2D eigenvalue weighted by Crippen LogP contribution is -2.30. The molecule has 0 heterocycles. The summed E-state index contributed by atoms with van der Waals surface area (Å²) in [6, 6.07) is 0. The van der Waals surface area contributed by atoms with Gasteiger partial charge in [0.2, 0.25) is 5.91 Å². The van der Waals surface area contributed by atoms with Crippen LogP contribution in [0.15, 0.2) is 0 Å². The minimum Gasteiger partial charge on any atom is -0.370 e. The molecule has 0 aromatic heterocycles. The molecule has 0 aliphatic heterocycles. The smallest absolute Gasteiger partial charge is 0.246 e. The molecule has 0 rings (SSSR count). The maximum atomic E-state index is 11.3. The van der Waals surface area contributed by atoms with Gasteiger partial charge in [-0.25, -0.2) is 0 Å². The van der Waals surface area contributed by atoms with Gasteiger partial charge in [-0.1, -0.05) is 57.0 Å². The summed E-state index contributed by atoms with van der Waals surface area (Å²) < 4.78 is 5.30. The molecule has 0 unspecified atom stereocenters. The Morgan fingerprint density at radius 1 is 1.29 bits per heavy atom. The molecule has 0 fully saturated rings. The van der Waals surface area contributed by atoms with Crippen molar-refractivity contribution in [2.75, 3.05) is 19.8 Å². The average molecular weight is 463 g/mol. The number of carbonyl (C=O) groups is 1. The van der Waals surface area contributed by atoms with Crippen molar-refractivity contribution in [3.05, 3.63) is 0 Å². The van der Waals surface area contributed by atoms with Crippen LogP contribution in [0.3, 0.4) is 0 Å². The Labute approximate surface area is 131 Å². The second-order valence-corrected chi connectivity index (χ2v) is 10.4. The van der Waals surface area contributed by atoms with Crippen LogP contribution >= 0.6 is 45.2 Å². The van der Waals surface area contributed by atoms with Gasteiger partial charge in [0.25, 0.3) is 0 Å². The zero-order valence-corrected chi connectivity index (χ0v) is 15.0. The molecule has 17 heavy (non-hydrogen) atoms. The highest BCUT2D eigenvalue weighted by molar-refractivity contribution is 14.1. The summed E-state index contributed by atoms with van der Waals surface area (Å²) in [5.74, 6) is 5.83. The molecule has 0 bridgehead atoms. The summed E-state index contributed by atoms with van der Waals surface area (Å²) in [6.07, 6.45) is 0. The Hall–Kier alpha value is 0.450. The molecule has 0 aliphatic rings. The molecule has 0 radical (unpaired) electrons. The van der Waals surface area contributed by atoms with E-state index in [1.807, 2.05) is 13.8 Å². The predicted octanol–water partition coefficient (Wildman–Crippen LogP) is 2.55. The maximum Gasteiger partial charge on any atom is 0.246 e. The summed E-state index contributed by atoms with van der Waals surface area (Å²) in [7, 11) is 0. The second kappa shape index (κ2) is 7.79. The van der Waals surface area contributed by atoms with Crippen LogP contribution in [0.5, 0.6) is 0 Å². The number of carbonyl (C=O) groups excluding carboxylic acids is 1. The standard InChI is InChI=1S/C12H19I2NO2/c1-11(2,13)6-5-7-15-10(16)8-17-9-12(3,4)14/h7-9H2,1-4H3,(H,15,16). The van der Waals surface area contributed by atoms with E-state index in [4.69, 9.17) is 4.74 Å². The number of rotatable bonds is 5. The van der Waals surface area contributed by atoms with Gasteiger partial charge >= 0.3 is 0 Å². The molecule has 1 N–H and O–H groups in total. The zero-order chi connectivity index (χ0) is 13.5. The van der Waals surface area contributed by atoms with Crippen molar-refractivity contribution < 1.29 is 9.53 Å². The molecule has 0 saturated heterocycles. The predicted molar refractivity (Wildman–Crippen MR) is 87.8 cm³/mol. The fraction of sp³-hybridized carbons (Fsp3) is 0.750. The number of halogens is 2. The van der Waals surface area contributed by atoms with Crippen LogP contribution in [0.4, 0.5) is 0 Å². The SMILES string of the molecule is CC(C)(I)C#CCNC(=O)COCC(C)(C)I. The van der Waals surface area contributed by atoms with Crippen LogP contribution < -0.4 is 5.32 Å². The van der Waals surface area contributed by atoms with E-state index in [9.17, 15) is 4.79 Å². The Bertz CT molecular complexity index is 305. The van der Waals surface area contributed by atoms with E-state index in [1.54, 1.807) is 0 Å². The molecule has 0 atom stereocenters. The van der Waals surface area contributed by atoms with Crippen LogP contribution in [0.1, 0.15) is 27.7 Å². The Balaban J connectivity index is 3.71. The molecule has 0 saturated carbocycles. The van der Waals surface area contributed by atoms with Gasteiger partial charge in [-0.05, 0) is 27.7 Å². The first kappa shape index (κ1) is 17.4. The molecule has 0 aliphatic carbocycles. The van der Waals surface area contributed by atoms with Crippen molar-refractivity contribution in [1.82, 2.24) is 5.32 Å². The highest BCUT2D eigenvalue weighted by Crippen LogP contribution is 2.16. The summed E-state index contributed by atoms with van der Waals surface area (Å²) >= 11 is 4.54. The molecule has 3 nitrogen and oxygen atoms in total. The van der Waals surface area contributed by atoms with Crippen molar-refractivity contribution in [2.24, 2.45) is 0 Å². The lowest BCUT2D eigenvalue weighted by atomic mass is 10.2. The van der Waals surface area contributed by atoms with E-state index in [-0.39, 0.29) is 19.4 Å². The van der Waals surface area contributed by atoms with E-state index in [0.29, 0.717) is 13.2 Å². The highest BCUT2D eigenvalue weighted by atomic mass is 127. The largest absolute Gasteiger partial charge is 0.370 e. The fourth-order valence-corrected chi connectivity index (χ4v) is 1.25. The lowest BCUT2D eigenvalue weighted by Gasteiger charge is -2.15. The Morgan fingerprint density at radius 3 is 2.35 bits per heavy atom. The van der Waals surface area contributed by atoms with E-state index < -0.39 is 0 Å². The van der Waals surface area contributed by atoms with E-state index in [2.05, 4.69) is 76.2 Å². The first-order valence-corrected chi connectivity index (χ1v) is 7.48. The number of nitrogens with one attached hydrogen (secondary N) is 1. The third-order valence-corrected chi connectivity index (χ3v) is 2.02. The third-order valence-electron chi connectivity index (χ3n) is 1.44. The monoisotopic (exact) mass is 463 g/mol. The number of amides is 1.